The molecule has 0 saturated heterocycles. The zero-order valence-corrected chi connectivity index (χ0v) is 8.73. The highest BCUT2D eigenvalue weighted by Crippen LogP contribution is 2.19. The molecule has 1 rings (SSSR count). The highest BCUT2D eigenvalue weighted by molar-refractivity contribution is 5.47. The Kier molecular flexibility index (Phi) is 2.90. The van der Waals surface area contributed by atoms with Crippen LogP contribution in [0.3, 0.4) is 0 Å². The van der Waals surface area contributed by atoms with Crippen LogP contribution >= 0.6 is 0 Å². The number of nitrogens with two attached hydrogens (primary N) is 1. The topological polar surface area (TPSA) is 75.3 Å². The van der Waals surface area contributed by atoms with E-state index in [2.05, 4.69) is 9.97 Å². The van der Waals surface area contributed by atoms with Gasteiger partial charge in [-0.05, 0) is 13.8 Å². The highest BCUT2D eigenvalue weighted by Gasteiger charge is 2.23. The molecule has 3 N–H and O–H groups in total. The summed E-state index contributed by atoms with van der Waals surface area (Å²) in [6, 6.07) is 1.68. The molecule has 14 heavy (non-hydrogen) atoms. The van der Waals surface area contributed by atoms with E-state index < -0.39 is 0 Å². The Morgan fingerprint density at radius 2 is 2.14 bits per heavy atom. The van der Waals surface area contributed by atoms with Crippen molar-refractivity contribution in [2.24, 2.45) is 0 Å². The number of rotatable bonds is 3. The summed E-state index contributed by atoms with van der Waals surface area (Å²) in [6.07, 6.45) is 1.41. The molecule has 0 unspecified atom stereocenters. The van der Waals surface area contributed by atoms with E-state index in [9.17, 15) is 5.11 Å². The molecule has 0 aliphatic heterocycles. The lowest BCUT2D eigenvalue weighted by Gasteiger charge is -2.34. The molecule has 0 radical (unpaired) electrons. The van der Waals surface area contributed by atoms with Gasteiger partial charge in [0.15, 0.2) is 0 Å². The van der Waals surface area contributed by atoms with E-state index in [1.807, 2.05) is 25.8 Å². The summed E-state index contributed by atoms with van der Waals surface area (Å²) in [7, 11) is 1.86. The standard InChI is InChI=1S/C9H16N4O/c1-9(2,5-14)13(3)8-4-7(10)11-6-12-8/h4,6,14H,5H2,1-3H3,(H2,10,11,12). The molecule has 1 aromatic rings. The third-order valence-corrected chi connectivity index (χ3v) is 2.31. The van der Waals surface area contributed by atoms with E-state index in [0.29, 0.717) is 11.6 Å². The van der Waals surface area contributed by atoms with Crippen LogP contribution in [0.15, 0.2) is 12.4 Å². The van der Waals surface area contributed by atoms with Crippen molar-refractivity contribution < 1.29 is 5.11 Å². The predicted molar refractivity (Wildman–Crippen MR) is 56.0 cm³/mol. The normalized spacial score (nSPS) is 11.4. The fourth-order valence-corrected chi connectivity index (χ4v) is 0.961. The number of nitrogen functional groups attached to an aromatic ring is 1. The molecule has 0 aliphatic carbocycles. The van der Waals surface area contributed by atoms with Crippen LogP contribution in [-0.4, -0.2) is 34.3 Å². The number of hydrogen-bond acceptors (Lipinski definition) is 5. The van der Waals surface area contributed by atoms with E-state index in [0.717, 1.165) is 0 Å². The molecule has 78 valence electrons. The summed E-state index contributed by atoms with van der Waals surface area (Å²) in [5, 5.41) is 9.18. The molecule has 0 spiro atoms. The minimum absolute atomic E-state index is 0.0490. The smallest absolute Gasteiger partial charge is 0.134 e. The third kappa shape index (κ3) is 2.11. The van der Waals surface area contributed by atoms with E-state index in [1.165, 1.54) is 6.33 Å². The first-order valence-corrected chi connectivity index (χ1v) is 4.39. The maximum atomic E-state index is 9.18. The Balaban J connectivity index is 2.94. The van der Waals surface area contributed by atoms with Gasteiger partial charge >= 0.3 is 0 Å². The molecule has 0 atom stereocenters. The summed E-state index contributed by atoms with van der Waals surface area (Å²) in [6.45, 7) is 3.89. The Morgan fingerprint density at radius 3 is 2.64 bits per heavy atom. The fraction of sp³-hybridized carbons (Fsp3) is 0.556. The number of aliphatic hydroxyl groups excluding tert-OH is 1. The van der Waals surface area contributed by atoms with E-state index >= 15 is 0 Å². The monoisotopic (exact) mass is 196 g/mol. The maximum Gasteiger partial charge on any atom is 0.134 e. The predicted octanol–water partition coefficient (Wildman–Crippen LogP) is 0.266. The molecule has 1 aromatic heterocycles. The number of aromatic nitrogens is 2. The van der Waals surface area contributed by atoms with Gasteiger partial charge < -0.3 is 15.7 Å². The van der Waals surface area contributed by atoms with Crippen LogP contribution in [0.4, 0.5) is 11.6 Å². The molecule has 0 aromatic carbocycles. The van der Waals surface area contributed by atoms with Gasteiger partial charge in [-0.15, -0.1) is 0 Å². The fourth-order valence-electron chi connectivity index (χ4n) is 0.961. The molecule has 0 bridgehead atoms. The minimum Gasteiger partial charge on any atom is -0.394 e. The average molecular weight is 196 g/mol. The van der Waals surface area contributed by atoms with Crippen LogP contribution in [0.5, 0.6) is 0 Å². The van der Waals surface area contributed by atoms with Gasteiger partial charge in [0.2, 0.25) is 0 Å². The number of likely N-dealkylation sites (N-methyl/N-ethyl adjacent to an activating group) is 1. The molecule has 5 nitrogen and oxygen atoms in total. The molecule has 0 saturated carbocycles. The van der Waals surface area contributed by atoms with Crippen LogP contribution in [0.25, 0.3) is 0 Å². The molecular formula is C9H16N4O. The molecule has 0 fully saturated rings. The molecular weight excluding hydrogens is 180 g/mol. The minimum atomic E-state index is -0.360. The number of aliphatic hydroxyl groups is 1. The van der Waals surface area contributed by atoms with Crippen molar-refractivity contribution >= 4 is 11.6 Å². The second-order valence-electron chi connectivity index (χ2n) is 3.83. The number of anilines is 2. The Hall–Kier alpha value is -1.36. The zero-order valence-electron chi connectivity index (χ0n) is 8.73. The van der Waals surface area contributed by atoms with E-state index in [-0.39, 0.29) is 12.1 Å². The Bertz CT molecular complexity index is 313. The summed E-state index contributed by atoms with van der Waals surface area (Å²) in [5.41, 5.74) is 5.18. The zero-order chi connectivity index (χ0) is 10.8. The van der Waals surface area contributed by atoms with Gasteiger partial charge in [-0.3, -0.25) is 0 Å². The van der Waals surface area contributed by atoms with E-state index in [4.69, 9.17) is 5.73 Å². The second kappa shape index (κ2) is 3.79. The van der Waals surface area contributed by atoms with Gasteiger partial charge in [0.25, 0.3) is 0 Å². The van der Waals surface area contributed by atoms with Gasteiger partial charge in [-0.1, -0.05) is 0 Å². The van der Waals surface area contributed by atoms with Crippen molar-refractivity contribution in [2.45, 2.75) is 19.4 Å². The first kappa shape index (κ1) is 10.7. The van der Waals surface area contributed by atoms with Crippen molar-refractivity contribution in [3.8, 4) is 0 Å². The lowest BCUT2D eigenvalue weighted by Crippen LogP contribution is -2.44. The summed E-state index contributed by atoms with van der Waals surface area (Å²) < 4.78 is 0. The summed E-state index contributed by atoms with van der Waals surface area (Å²) >= 11 is 0. The maximum absolute atomic E-state index is 9.18. The largest absolute Gasteiger partial charge is 0.394 e. The summed E-state index contributed by atoms with van der Waals surface area (Å²) in [5.74, 6) is 1.13. The highest BCUT2D eigenvalue weighted by atomic mass is 16.3. The Labute approximate surface area is 83.6 Å². The van der Waals surface area contributed by atoms with Crippen molar-refractivity contribution in [2.75, 3.05) is 24.3 Å². The SMILES string of the molecule is CN(c1cc(N)ncn1)C(C)(C)CO. The molecule has 1 heterocycles. The van der Waals surface area contributed by atoms with Crippen molar-refractivity contribution in [1.29, 1.82) is 0 Å². The molecule has 0 aliphatic rings. The molecule has 0 amide bonds. The van der Waals surface area contributed by atoms with E-state index in [1.54, 1.807) is 6.07 Å². The summed E-state index contributed by atoms with van der Waals surface area (Å²) in [4.78, 5) is 9.75. The lowest BCUT2D eigenvalue weighted by atomic mass is 10.1. The van der Waals surface area contributed by atoms with Gasteiger partial charge in [-0.25, -0.2) is 9.97 Å². The van der Waals surface area contributed by atoms with Gasteiger partial charge in [0.1, 0.15) is 18.0 Å². The first-order chi connectivity index (χ1) is 6.47. The van der Waals surface area contributed by atoms with Crippen LogP contribution in [0, 0.1) is 0 Å². The van der Waals surface area contributed by atoms with Gasteiger partial charge in [-0.2, -0.15) is 0 Å². The van der Waals surface area contributed by atoms with Crippen molar-refractivity contribution in [3.63, 3.8) is 0 Å². The lowest BCUT2D eigenvalue weighted by molar-refractivity contribution is 0.215. The Morgan fingerprint density at radius 1 is 1.50 bits per heavy atom. The van der Waals surface area contributed by atoms with Crippen LogP contribution in [0.2, 0.25) is 0 Å². The van der Waals surface area contributed by atoms with Crippen LogP contribution in [-0.2, 0) is 0 Å². The first-order valence-electron chi connectivity index (χ1n) is 4.39. The third-order valence-electron chi connectivity index (χ3n) is 2.31. The van der Waals surface area contributed by atoms with Crippen molar-refractivity contribution in [1.82, 2.24) is 9.97 Å². The number of hydrogen-bond donors (Lipinski definition) is 2. The molecule has 5 heteroatoms. The average Bonchev–Trinajstić information content (AvgIpc) is 2.16. The van der Waals surface area contributed by atoms with Crippen LogP contribution in [0.1, 0.15) is 13.8 Å². The van der Waals surface area contributed by atoms with Gasteiger partial charge in [0, 0.05) is 13.1 Å². The number of nitrogens with zero attached hydrogens (tertiary/aromatic N) is 3. The van der Waals surface area contributed by atoms with Crippen LogP contribution < -0.4 is 10.6 Å². The van der Waals surface area contributed by atoms with Crippen molar-refractivity contribution in [3.05, 3.63) is 12.4 Å². The van der Waals surface area contributed by atoms with Gasteiger partial charge in [0.05, 0.1) is 12.1 Å². The second-order valence-corrected chi connectivity index (χ2v) is 3.83. The quantitative estimate of drug-likeness (QED) is 0.725.